The topological polar surface area (TPSA) is 103 Å². The van der Waals surface area contributed by atoms with Gasteiger partial charge in [0.25, 0.3) is 5.91 Å². The van der Waals surface area contributed by atoms with Crippen LogP contribution in [-0.4, -0.2) is 91.0 Å². The molecule has 2 aliphatic heterocycles. The van der Waals surface area contributed by atoms with E-state index in [0.717, 1.165) is 51.2 Å². The van der Waals surface area contributed by atoms with Gasteiger partial charge in [-0.15, -0.1) is 23.4 Å². The van der Waals surface area contributed by atoms with E-state index in [9.17, 15) is 22.8 Å². The summed E-state index contributed by atoms with van der Waals surface area (Å²) in [5.74, 6) is -1.70. The molecule has 0 saturated carbocycles. The van der Waals surface area contributed by atoms with Gasteiger partial charge in [0.1, 0.15) is 0 Å². The highest BCUT2D eigenvalue weighted by atomic mass is 32.1. The van der Waals surface area contributed by atoms with Crippen molar-refractivity contribution in [3.05, 3.63) is 23.8 Å². The first-order valence-electron chi connectivity index (χ1n) is 12.4. The van der Waals surface area contributed by atoms with Gasteiger partial charge in [-0.25, -0.2) is 0 Å². The van der Waals surface area contributed by atoms with E-state index in [-0.39, 0.29) is 28.3 Å². The fourth-order valence-electron chi connectivity index (χ4n) is 4.25. The Balaban J connectivity index is 1.43. The normalized spacial score (nSPS) is 18.7. The SMILES string of the molecule is CN1CCN(CC(=O)Nc2cc(C(=O)Nc3nnc(N4CCC(C)(C)CC4)s3)ccc2OC(F)(F)F)CC1. The maximum atomic E-state index is 13.0. The van der Waals surface area contributed by atoms with E-state index in [0.29, 0.717) is 18.2 Å². The molecule has 38 heavy (non-hydrogen) atoms. The number of aromatic nitrogens is 2. The van der Waals surface area contributed by atoms with Crippen molar-refractivity contribution in [3.8, 4) is 5.75 Å². The number of alkyl halides is 3. The molecular weight excluding hydrogens is 523 g/mol. The number of piperazine rings is 1. The van der Waals surface area contributed by atoms with Crippen LogP contribution in [0.1, 0.15) is 37.0 Å². The van der Waals surface area contributed by atoms with Crippen molar-refractivity contribution in [3.63, 3.8) is 0 Å². The number of ether oxygens (including phenoxy) is 1. The molecule has 2 N–H and O–H groups in total. The molecule has 1 aromatic heterocycles. The van der Waals surface area contributed by atoms with Crippen LogP contribution in [0.5, 0.6) is 5.75 Å². The summed E-state index contributed by atoms with van der Waals surface area (Å²) in [5.41, 5.74) is 0.0616. The number of halogens is 3. The summed E-state index contributed by atoms with van der Waals surface area (Å²) in [4.78, 5) is 31.7. The Morgan fingerprint density at radius 1 is 1.05 bits per heavy atom. The quantitative estimate of drug-likeness (QED) is 0.535. The van der Waals surface area contributed by atoms with E-state index in [1.807, 2.05) is 11.9 Å². The minimum absolute atomic E-state index is 0.0109. The summed E-state index contributed by atoms with van der Waals surface area (Å²) < 4.78 is 43.0. The second kappa shape index (κ2) is 11.4. The van der Waals surface area contributed by atoms with Crippen molar-refractivity contribution in [1.82, 2.24) is 20.0 Å². The third-order valence-corrected chi connectivity index (χ3v) is 7.63. The van der Waals surface area contributed by atoms with Crippen LogP contribution in [0.4, 0.5) is 29.1 Å². The molecule has 208 valence electrons. The number of rotatable bonds is 7. The number of hydrogen-bond acceptors (Lipinski definition) is 9. The maximum Gasteiger partial charge on any atom is 0.573 e. The zero-order valence-electron chi connectivity index (χ0n) is 21.6. The first-order valence-corrected chi connectivity index (χ1v) is 13.2. The van der Waals surface area contributed by atoms with Gasteiger partial charge in [0.2, 0.25) is 16.2 Å². The van der Waals surface area contributed by atoms with Crippen molar-refractivity contribution in [2.24, 2.45) is 5.41 Å². The number of hydrogen-bond donors (Lipinski definition) is 2. The standard InChI is InChI=1S/C24H32F3N7O3S/c1-23(2)6-8-34(9-7-23)22-31-30-21(38-22)29-20(36)16-4-5-18(37-24(25,26)27)17(14-16)28-19(35)15-33-12-10-32(3)11-13-33/h4-5,14H,6-13,15H2,1-3H3,(H,28,35)(H,29,30,36). The zero-order valence-corrected chi connectivity index (χ0v) is 22.4. The predicted molar refractivity (Wildman–Crippen MR) is 139 cm³/mol. The zero-order chi connectivity index (χ0) is 27.5. The van der Waals surface area contributed by atoms with Crippen LogP contribution in [-0.2, 0) is 4.79 Å². The molecule has 2 fully saturated rings. The average Bonchev–Trinajstić information content (AvgIpc) is 3.29. The summed E-state index contributed by atoms with van der Waals surface area (Å²) in [6.45, 7) is 9.05. The molecule has 1 aromatic carbocycles. The third kappa shape index (κ3) is 7.77. The Labute approximate surface area is 223 Å². The molecular formula is C24H32F3N7O3S. The van der Waals surface area contributed by atoms with E-state index in [4.69, 9.17) is 0 Å². The van der Waals surface area contributed by atoms with Gasteiger partial charge in [0.05, 0.1) is 12.2 Å². The van der Waals surface area contributed by atoms with Gasteiger partial charge < -0.3 is 19.9 Å². The molecule has 0 unspecified atom stereocenters. The molecule has 0 atom stereocenters. The Morgan fingerprint density at radius 3 is 2.39 bits per heavy atom. The van der Waals surface area contributed by atoms with Crippen LogP contribution in [0.2, 0.25) is 0 Å². The fraction of sp³-hybridized carbons (Fsp3) is 0.583. The highest BCUT2D eigenvalue weighted by Gasteiger charge is 2.33. The molecule has 2 amide bonds. The first kappa shape index (κ1) is 28.0. The monoisotopic (exact) mass is 555 g/mol. The molecule has 0 spiro atoms. The summed E-state index contributed by atoms with van der Waals surface area (Å²) in [5, 5.41) is 14.3. The fourth-order valence-corrected chi connectivity index (χ4v) is 5.04. The van der Waals surface area contributed by atoms with Crippen LogP contribution >= 0.6 is 11.3 Å². The number of nitrogens with zero attached hydrogens (tertiary/aromatic N) is 5. The van der Waals surface area contributed by atoms with Crippen LogP contribution in [0.3, 0.4) is 0 Å². The molecule has 3 heterocycles. The van der Waals surface area contributed by atoms with E-state index < -0.39 is 23.9 Å². The Bertz CT molecular complexity index is 1140. The van der Waals surface area contributed by atoms with Crippen LogP contribution in [0.15, 0.2) is 18.2 Å². The molecule has 10 nitrogen and oxygen atoms in total. The van der Waals surface area contributed by atoms with Crippen LogP contribution < -0.4 is 20.3 Å². The van der Waals surface area contributed by atoms with Crippen molar-refractivity contribution in [2.75, 3.05) is 68.4 Å². The van der Waals surface area contributed by atoms with Crippen molar-refractivity contribution in [1.29, 1.82) is 0 Å². The molecule has 0 radical (unpaired) electrons. The highest BCUT2D eigenvalue weighted by Crippen LogP contribution is 2.35. The van der Waals surface area contributed by atoms with Crippen LogP contribution in [0.25, 0.3) is 0 Å². The van der Waals surface area contributed by atoms with Crippen LogP contribution in [0, 0.1) is 5.41 Å². The summed E-state index contributed by atoms with van der Waals surface area (Å²) in [6, 6.07) is 3.36. The van der Waals surface area contributed by atoms with E-state index in [1.54, 1.807) is 0 Å². The number of nitrogens with one attached hydrogen (secondary N) is 2. The number of anilines is 3. The minimum Gasteiger partial charge on any atom is -0.404 e. The Kier molecular flexibility index (Phi) is 8.43. The lowest BCUT2D eigenvalue weighted by molar-refractivity contribution is -0.274. The van der Waals surface area contributed by atoms with Gasteiger partial charge >= 0.3 is 6.36 Å². The average molecular weight is 556 g/mol. The summed E-state index contributed by atoms with van der Waals surface area (Å²) in [6.07, 6.45) is -2.93. The number of likely N-dealkylation sites (N-methyl/N-ethyl adjacent to an activating group) is 1. The van der Waals surface area contributed by atoms with Gasteiger partial charge in [0.15, 0.2) is 5.75 Å². The van der Waals surface area contributed by atoms with Gasteiger partial charge in [0, 0.05) is 44.8 Å². The third-order valence-electron chi connectivity index (χ3n) is 6.73. The molecule has 2 saturated heterocycles. The lowest BCUT2D eigenvalue weighted by atomic mass is 9.83. The Morgan fingerprint density at radius 2 is 1.74 bits per heavy atom. The second-order valence-corrected chi connectivity index (χ2v) is 11.3. The number of carbonyl (C=O) groups is 2. The van der Waals surface area contributed by atoms with Gasteiger partial charge in [-0.3, -0.25) is 19.8 Å². The molecule has 2 aromatic rings. The number of amides is 2. The Hall–Kier alpha value is -2.97. The lowest BCUT2D eigenvalue weighted by Crippen LogP contribution is -2.47. The smallest absolute Gasteiger partial charge is 0.404 e. The minimum atomic E-state index is -4.96. The maximum absolute atomic E-state index is 13.0. The molecule has 14 heteroatoms. The molecule has 4 rings (SSSR count). The van der Waals surface area contributed by atoms with E-state index in [1.165, 1.54) is 17.4 Å². The van der Waals surface area contributed by atoms with Crippen molar-refractivity contribution >= 4 is 39.1 Å². The van der Waals surface area contributed by atoms with Gasteiger partial charge in [-0.05, 0) is 43.5 Å². The first-order chi connectivity index (χ1) is 17.9. The molecule has 2 aliphatic rings. The number of benzene rings is 1. The van der Waals surface area contributed by atoms with Gasteiger partial charge in [-0.1, -0.05) is 25.2 Å². The lowest BCUT2D eigenvalue weighted by Gasteiger charge is -2.36. The predicted octanol–water partition coefficient (Wildman–Crippen LogP) is 3.50. The van der Waals surface area contributed by atoms with E-state index >= 15 is 0 Å². The van der Waals surface area contributed by atoms with Crippen molar-refractivity contribution < 1.29 is 27.5 Å². The summed E-state index contributed by atoms with van der Waals surface area (Å²) >= 11 is 1.23. The van der Waals surface area contributed by atoms with Crippen molar-refractivity contribution in [2.45, 2.75) is 33.1 Å². The summed E-state index contributed by atoms with van der Waals surface area (Å²) in [7, 11) is 1.98. The highest BCUT2D eigenvalue weighted by molar-refractivity contribution is 7.19. The second-order valence-electron chi connectivity index (χ2n) is 10.4. The number of piperidine rings is 1. The number of carbonyl (C=O) groups excluding carboxylic acids is 2. The largest absolute Gasteiger partial charge is 0.573 e. The van der Waals surface area contributed by atoms with Gasteiger partial charge in [-0.2, -0.15) is 0 Å². The van der Waals surface area contributed by atoms with E-state index in [2.05, 4.69) is 49.2 Å². The molecule has 0 bridgehead atoms. The molecule has 0 aliphatic carbocycles.